The van der Waals surface area contributed by atoms with Gasteiger partial charge in [-0.1, -0.05) is 51.9 Å². The van der Waals surface area contributed by atoms with Crippen molar-refractivity contribution in [2.45, 2.75) is 36.1 Å². The third-order valence-corrected chi connectivity index (χ3v) is 6.28. The Hall–Kier alpha value is -1.45. The molecule has 0 atom stereocenters. The number of carbonyl (C=O) groups is 2. The Morgan fingerprint density at radius 3 is 2.64 bits per heavy atom. The first-order valence-electron chi connectivity index (χ1n) is 7.93. The summed E-state index contributed by atoms with van der Waals surface area (Å²) in [6.45, 7) is 0. The van der Waals surface area contributed by atoms with Gasteiger partial charge < -0.3 is 5.32 Å². The van der Waals surface area contributed by atoms with E-state index in [1.165, 1.54) is 35.9 Å². The lowest BCUT2D eigenvalue weighted by Crippen LogP contribution is -2.33. The van der Waals surface area contributed by atoms with Crippen molar-refractivity contribution in [3.8, 4) is 0 Å². The van der Waals surface area contributed by atoms with Crippen molar-refractivity contribution in [2.75, 3.05) is 11.1 Å². The maximum atomic E-state index is 12.1. The molecule has 0 spiro atoms. The van der Waals surface area contributed by atoms with Crippen molar-refractivity contribution in [2.24, 2.45) is 0 Å². The molecule has 1 aliphatic rings. The standard InChI is InChI=1S/C16H17BrN4O2S2/c17-11-7-5-10(6-8-11)14(23)19-15-20-21-16(25-15)24-9-13(22)18-12-3-1-2-4-12/h5-8,12H,1-4,9H2,(H,18,22)(H,19,20,23). The van der Waals surface area contributed by atoms with Gasteiger partial charge in [-0.3, -0.25) is 14.9 Å². The zero-order valence-corrected chi connectivity index (χ0v) is 16.5. The fourth-order valence-electron chi connectivity index (χ4n) is 2.56. The molecule has 6 nitrogen and oxygen atoms in total. The molecule has 2 amide bonds. The Bertz CT molecular complexity index is 745. The highest BCUT2D eigenvalue weighted by Crippen LogP contribution is 2.26. The molecule has 1 aromatic carbocycles. The van der Waals surface area contributed by atoms with Crippen LogP contribution in [0.1, 0.15) is 36.0 Å². The first-order valence-corrected chi connectivity index (χ1v) is 10.5. The molecule has 3 rings (SSSR count). The van der Waals surface area contributed by atoms with E-state index in [2.05, 4.69) is 36.8 Å². The molecule has 1 saturated carbocycles. The third kappa shape index (κ3) is 5.52. The van der Waals surface area contributed by atoms with Crippen LogP contribution in [0.25, 0.3) is 0 Å². The minimum absolute atomic E-state index is 0.0209. The number of benzene rings is 1. The van der Waals surface area contributed by atoms with E-state index < -0.39 is 0 Å². The fourth-order valence-corrected chi connectivity index (χ4v) is 4.38. The molecule has 0 aliphatic heterocycles. The number of anilines is 1. The molecular weight excluding hydrogens is 424 g/mol. The fraction of sp³-hybridized carbons (Fsp3) is 0.375. The van der Waals surface area contributed by atoms with Gasteiger partial charge in [0.15, 0.2) is 4.34 Å². The molecular formula is C16H17BrN4O2S2. The van der Waals surface area contributed by atoms with E-state index in [-0.39, 0.29) is 11.8 Å². The molecule has 0 saturated heterocycles. The summed E-state index contributed by atoms with van der Waals surface area (Å²) in [6, 6.07) is 7.38. The van der Waals surface area contributed by atoms with E-state index in [0.717, 1.165) is 17.3 Å². The predicted octanol–water partition coefficient (Wildman–Crippen LogP) is 3.70. The summed E-state index contributed by atoms with van der Waals surface area (Å²) in [5.41, 5.74) is 0.545. The lowest BCUT2D eigenvalue weighted by atomic mass is 10.2. The molecule has 132 valence electrons. The summed E-state index contributed by atoms with van der Waals surface area (Å²) < 4.78 is 1.57. The largest absolute Gasteiger partial charge is 0.353 e. The summed E-state index contributed by atoms with van der Waals surface area (Å²) in [7, 11) is 0. The molecule has 1 heterocycles. The Morgan fingerprint density at radius 1 is 1.20 bits per heavy atom. The van der Waals surface area contributed by atoms with E-state index in [9.17, 15) is 9.59 Å². The van der Waals surface area contributed by atoms with Crippen LogP contribution in [0.5, 0.6) is 0 Å². The molecule has 25 heavy (non-hydrogen) atoms. The maximum Gasteiger partial charge on any atom is 0.257 e. The van der Waals surface area contributed by atoms with Gasteiger partial charge in [-0.25, -0.2) is 0 Å². The van der Waals surface area contributed by atoms with Gasteiger partial charge >= 0.3 is 0 Å². The van der Waals surface area contributed by atoms with Crippen molar-refractivity contribution >= 4 is 56.0 Å². The molecule has 2 N–H and O–H groups in total. The lowest BCUT2D eigenvalue weighted by molar-refractivity contribution is -0.119. The second-order valence-corrected chi connectivity index (χ2v) is 8.79. The molecule has 2 aromatic rings. The molecule has 0 radical (unpaired) electrons. The average Bonchev–Trinajstić information content (AvgIpc) is 3.25. The second kappa shape index (κ2) is 8.77. The summed E-state index contributed by atoms with van der Waals surface area (Å²) in [4.78, 5) is 24.1. The number of carbonyl (C=O) groups excluding carboxylic acids is 2. The van der Waals surface area contributed by atoms with Gasteiger partial charge in [0.25, 0.3) is 5.91 Å². The van der Waals surface area contributed by atoms with Crippen molar-refractivity contribution in [3.05, 3.63) is 34.3 Å². The number of amides is 2. The Labute approximate surface area is 162 Å². The number of thioether (sulfide) groups is 1. The van der Waals surface area contributed by atoms with Gasteiger partial charge in [-0.05, 0) is 37.1 Å². The number of nitrogens with zero attached hydrogens (tertiary/aromatic N) is 2. The van der Waals surface area contributed by atoms with Crippen LogP contribution in [-0.4, -0.2) is 33.8 Å². The van der Waals surface area contributed by atoms with Gasteiger partial charge in [0.2, 0.25) is 11.0 Å². The van der Waals surface area contributed by atoms with Gasteiger partial charge in [-0.15, -0.1) is 10.2 Å². The maximum absolute atomic E-state index is 12.1. The van der Waals surface area contributed by atoms with Crippen molar-refractivity contribution in [1.82, 2.24) is 15.5 Å². The number of hydrogen-bond acceptors (Lipinski definition) is 6. The predicted molar refractivity (Wildman–Crippen MR) is 103 cm³/mol. The molecule has 1 fully saturated rings. The van der Waals surface area contributed by atoms with Crippen LogP contribution in [0, 0.1) is 0 Å². The van der Waals surface area contributed by atoms with Crippen molar-refractivity contribution in [1.29, 1.82) is 0 Å². The topological polar surface area (TPSA) is 84.0 Å². The zero-order valence-electron chi connectivity index (χ0n) is 13.3. The highest BCUT2D eigenvalue weighted by atomic mass is 79.9. The van der Waals surface area contributed by atoms with Crippen LogP contribution in [0.4, 0.5) is 5.13 Å². The van der Waals surface area contributed by atoms with Crippen molar-refractivity contribution in [3.63, 3.8) is 0 Å². The van der Waals surface area contributed by atoms with E-state index in [1.807, 2.05) is 0 Å². The first-order chi connectivity index (χ1) is 12.1. The van der Waals surface area contributed by atoms with Crippen LogP contribution in [-0.2, 0) is 4.79 Å². The van der Waals surface area contributed by atoms with Gasteiger partial charge in [-0.2, -0.15) is 0 Å². The Kier molecular flexibility index (Phi) is 6.44. The summed E-state index contributed by atoms with van der Waals surface area (Å²) in [5, 5.41) is 14.1. The Morgan fingerprint density at radius 2 is 1.92 bits per heavy atom. The number of rotatable bonds is 6. The van der Waals surface area contributed by atoms with Crippen LogP contribution < -0.4 is 10.6 Å². The SMILES string of the molecule is O=C(CSc1nnc(NC(=O)c2ccc(Br)cc2)s1)NC1CCCC1. The smallest absolute Gasteiger partial charge is 0.257 e. The van der Waals surface area contributed by atoms with E-state index in [4.69, 9.17) is 0 Å². The molecule has 0 bridgehead atoms. The molecule has 1 aliphatic carbocycles. The number of hydrogen-bond donors (Lipinski definition) is 2. The zero-order chi connectivity index (χ0) is 17.6. The van der Waals surface area contributed by atoms with Crippen molar-refractivity contribution < 1.29 is 9.59 Å². The summed E-state index contributed by atoms with van der Waals surface area (Å²) in [6.07, 6.45) is 4.52. The lowest BCUT2D eigenvalue weighted by Gasteiger charge is -2.10. The summed E-state index contributed by atoms with van der Waals surface area (Å²) >= 11 is 5.93. The Balaban J connectivity index is 1.47. The quantitative estimate of drug-likeness (QED) is 0.528. The molecule has 0 unspecified atom stereocenters. The average molecular weight is 441 g/mol. The van der Waals surface area contributed by atoms with E-state index in [1.54, 1.807) is 24.3 Å². The van der Waals surface area contributed by atoms with Gasteiger partial charge in [0.1, 0.15) is 0 Å². The first kappa shape index (κ1) is 18.3. The third-order valence-electron chi connectivity index (χ3n) is 3.78. The highest BCUT2D eigenvalue weighted by Gasteiger charge is 2.17. The normalized spacial score (nSPS) is 14.4. The summed E-state index contributed by atoms with van der Waals surface area (Å²) in [5.74, 6) is 0.0953. The van der Waals surface area contributed by atoms with Crippen LogP contribution >= 0.6 is 39.0 Å². The van der Waals surface area contributed by atoms with Crippen LogP contribution in [0.15, 0.2) is 33.1 Å². The molecule has 1 aromatic heterocycles. The number of aromatic nitrogens is 2. The van der Waals surface area contributed by atoms with Crippen LogP contribution in [0.3, 0.4) is 0 Å². The second-order valence-electron chi connectivity index (χ2n) is 5.67. The van der Waals surface area contributed by atoms with Crippen LogP contribution in [0.2, 0.25) is 0 Å². The highest BCUT2D eigenvalue weighted by molar-refractivity contribution is 9.10. The minimum atomic E-state index is -0.237. The van der Waals surface area contributed by atoms with E-state index >= 15 is 0 Å². The van der Waals surface area contributed by atoms with Gasteiger partial charge in [0, 0.05) is 16.1 Å². The minimum Gasteiger partial charge on any atom is -0.353 e. The molecule has 9 heteroatoms. The van der Waals surface area contributed by atoms with E-state index in [0.29, 0.717) is 26.8 Å². The monoisotopic (exact) mass is 440 g/mol. The number of halogens is 1. The number of nitrogens with one attached hydrogen (secondary N) is 2. The van der Waals surface area contributed by atoms with Gasteiger partial charge in [0.05, 0.1) is 5.75 Å².